The topological polar surface area (TPSA) is 26.2 Å². The molecule has 3 heteroatoms. The summed E-state index contributed by atoms with van der Waals surface area (Å²) in [6, 6.07) is 4.55. The van der Waals surface area contributed by atoms with Crippen molar-refractivity contribution >= 4 is 0 Å². The molecule has 13 heavy (non-hydrogen) atoms. The molecule has 1 heterocycles. The molecule has 1 unspecified atom stereocenters. The van der Waals surface area contributed by atoms with Gasteiger partial charge in [0.15, 0.2) is 0 Å². The lowest BCUT2D eigenvalue weighted by molar-refractivity contribution is 0.128. The Balaban J connectivity index is 2.68. The quantitative estimate of drug-likeness (QED) is 0.751. The van der Waals surface area contributed by atoms with Gasteiger partial charge in [0.05, 0.1) is 0 Å². The van der Waals surface area contributed by atoms with Gasteiger partial charge in [-0.2, -0.15) is 0 Å². The number of nitrogens with one attached hydrogen (secondary N) is 1. The van der Waals surface area contributed by atoms with E-state index < -0.39 is 0 Å². The number of aromatic nitrogens is 1. The first kappa shape index (κ1) is 10.3. The number of rotatable bonds is 5. The van der Waals surface area contributed by atoms with Crippen LogP contribution >= 0.6 is 0 Å². The van der Waals surface area contributed by atoms with E-state index in [4.69, 9.17) is 4.74 Å². The van der Waals surface area contributed by atoms with Gasteiger partial charge in [-0.3, -0.25) is 0 Å². The Hall–Kier alpha value is -0.800. The van der Waals surface area contributed by atoms with E-state index in [1.807, 2.05) is 12.3 Å². The fourth-order valence-corrected chi connectivity index (χ4v) is 1.49. The monoisotopic (exact) mass is 182 g/mol. The molecule has 0 aromatic carbocycles. The molecule has 1 aromatic rings. The first-order chi connectivity index (χ1) is 6.29. The van der Waals surface area contributed by atoms with Gasteiger partial charge in [0.25, 0.3) is 0 Å². The van der Waals surface area contributed by atoms with Crippen LogP contribution in [0.4, 0.5) is 0 Å². The first-order valence-corrected chi connectivity index (χ1v) is 4.67. The number of nitrogens with zero attached hydrogens (tertiary/aromatic N) is 1. The molecular weight excluding hydrogens is 164 g/mol. The number of methoxy groups -OCH3 is 1. The summed E-state index contributed by atoms with van der Waals surface area (Å²) >= 11 is 0. The average molecular weight is 182 g/mol. The lowest BCUT2D eigenvalue weighted by Gasteiger charge is -2.15. The van der Waals surface area contributed by atoms with Crippen LogP contribution in [0.5, 0.6) is 0 Å². The Morgan fingerprint density at radius 3 is 3.00 bits per heavy atom. The summed E-state index contributed by atoms with van der Waals surface area (Å²) in [5.41, 5.74) is 1.27. The highest BCUT2D eigenvalue weighted by molar-refractivity contribution is 5.10. The minimum absolute atomic E-state index is 0.384. The standard InChI is InChI=1S/C10H18N2O/c1-4-11-9(2)10-6-5-7-12(10)8-13-3/h5-7,9,11H,4,8H2,1-3H3. The third kappa shape index (κ3) is 2.57. The van der Waals surface area contributed by atoms with Gasteiger partial charge in [0, 0.05) is 25.0 Å². The molecule has 0 bridgehead atoms. The van der Waals surface area contributed by atoms with Gasteiger partial charge in [-0.1, -0.05) is 6.92 Å². The Kier molecular flexibility index (Phi) is 3.99. The van der Waals surface area contributed by atoms with E-state index in [9.17, 15) is 0 Å². The zero-order valence-corrected chi connectivity index (χ0v) is 8.58. The second-order valence-electron chi connectivity index (χ2n) is 3.10. The first-order valence-electron chi connectivity index (χ1n) is 4.67. The van der Waals surface area contributed by atoms with Gasteiger partial charge < -0.3 is 14.6 Å². The van der Waals surface area contributed by atoms with Crippen molar-refractivity contribution in [3.8, 4) is 0 Å². The fraction of sp³-hybridized carbons (Fsp3) is 0.600. The Morgan fingerprint density at radius 2 is 2.38 bits per heavy atom. The highest BCUT2D eigenvalue weighted by atomic mass is 16.5. The van der Waals surface area contributed by atoms with Crippen LogP contribution in [0.3, 0.4) is 0 Å². The molecule has 1 atom stereocenters. The van der Waals surface area contributed by atoms with Crippen LogP contribution in [0.25, 0.3) is 0 Å². The molecule has 0 aliphatic heterocycles. The lowest BCUT2D eigenvalue weighted by Crippen LogP contribution is -2.20. The summed E-state index contributed by atoms with van der Waals surface area (Å²) < 4.78 is 7.19. The highest BCUT2D eigenvalue weighted by Gasteiger charge is 2.07. The van der Waals surface area contributed by atoms with E-state index >= 15 is 0 Å². The van der Waals surface area contributed by atoms with E-state index in [2.05, 4.69) is 29.8 Å². The Labute approximate surface area is 79.7 Å². The Morgan fingerprint density at radius 1 is 1.62 bits per heavy atom. The van der Waals surface area contributed by atoms with Crippen LogP contribution in [0.15, 0.2) is 18.3 Å². The van der Waals surface area contributed by atoms with Crippen molar-refractivity contribution in [1.29, 1.82) is 0 Å². The predicted octanol–water partition coefficient (Wildman–Crippen LogP) is 1.76. The minimum atomic E-state index is 0.384. The summed E-state index contributed by atoms with van der Waals surface area (Å²) in [7, 11) is 1.71. The van der Waals surface area contributed by atoms with E-state index in [0.717, 1.165) is 6.54 Å². The van der Waals surface area contributed by atoms with Gasteiger partial charge in [-0.15, -0.1) is 0 Å². The van der Waals surface area contributed by atoms with Gasteiger partial charge in [0.2, 0.25) is 0 Å². The van der Waals surface area contributed by atoms with Crippen molar-refractivity contribution in [3.63, 3.8) is 0 Å². The van der Waals surface area contributed by atoms with Crippen LogP contribution in [0.2, 0.25) is 0 Å². The normalized spacial score (nSPS) is 13.2. The smallest absolute Gasteiger partial charge is 0.122 e. The molecule has 1 rings (SSSR count). The largest absolute Gasteiger partial charge is 0.364 e. The van der Waals surface area contributed by atoms with Crippen molar-refractivity contribution in [1.82, 2.24) is 9.88 Å². The van der Waals surface area contributed by atoms with E-state index in [0.29, 0.717) is 12.8 Å². The van der Waals surface area contributed by atoms with Gasteiger partial charge in [0.1, 0.15) is 6.73 Å². The van der Waals surface area contributed by atoms with Crippen LogP contribution in [-0.4, -0.2) is 18.2 Å². The molecule has 0 amide bonds. The van der Waals surface area contributed by atoms with Crippen LogP contribution in [0.1, 0.15) is 25.6 Å². The average Bonchev–Trinajstić information content (AvgIpc) is 2.54. The van der Waals surface area contributed by atoms with Crippen LogP contribution in [-0.2, 0) is 11.5 Å². The summed E-state index contributed by atoms with van der Waals surface area (Å²) in [6.07, 6.45) is 2.03. The van der Waals surface area contributed by atoms with Gasteiger partial charge >= 0.3 is 0 Å². The molecule has 1 aromatic heterocycles. The van der Waals surface area contributed by atoms with E-state index in [1.165, 1.54) is 5.69 Å². The maximum Gasteiger partial charge on any atom is 0.122 e. The molecule has 0 radical (unpaired) electrons. The predicted molar refractivity (Wildman–Crippen MR) is 53.5 cm³/mol. The van der Waals surface area contributed by atoms with Crippen molar-refractivity contribution in [3.05, 3.63) is 24.0 Å². The third-order valence-corrected chi connectivity index (χ3v) is 2.09. The Bertz CT molecular complexity index is 245. The molecular formula is C10H18N2O. The van der Waals surface area contributed by atoms with Gasteiger partial charge in [-0.05, 0) is 25.6 Å². The van der Waals surface area contributed by atoms with Crippen molar-refractivity contribution in [2.75, 3.05) is 13.7 Å². The molecule has 3 nitrogen and oxygen atoms in total. The second kappa shape index (κ2) is 5.04. The summed E-state index contributed by atoms with van der Waals surface area (Å²) in [5, 5.41) is 3.37. The number of hydrogen-bond acceptors (Lipinski definition) is 2. The zero-order valence-electron chi connectivity index (χ0n) is 8.58. The second-order valence-corrected chi connectivity index (χ2v) is 3.10. The maximum atomic E-state index is 5.09. The minimum Gasteiger partial charge on any atom is -0.364 e. The van der Waals surface area contributed by atoms with Crippen molar-refractivity contribution in [2.24, 2.45) is 0 Å². The zero-order chi connectivity index (χ0) is 9.68. The maximum absolute atomic E-state index is 5.09. The number of hydrogen-bond donors (Lipinski definition) is 1. The summed E-state index contributed by atoms with van der Waals surface area (Å²) in [4.78, 5) is 0. The molecule has 0 aliphatic carbocycles. The molecule has 1 N–H and O–H groups in total. The van der Waals surface area contributed by atoms with E-state index in [-0.39, 0.29) is 0 Å². The highest BCUT2D eigenvalue weighted by Crippen LogP contribution is 2.12. The van der Waals surface area contributed by atoms with Crippen molar-refractivity contribution < 1.29 is 4.74 Å². The molecule has 0 saturated heterocycles. The van der Waals surface area contributed by atoms with Gasteiger partial charge in [-0.25, -0.2) is 0 Å². The molecule has 0 aliphatic rings. The molecule has 0 saturated carbocycles. The number of ether oxygens (including phenoxy) is 1. The molecule has 0 fully saturated rings. The molecule has 0 spiro atoms. The molecule has 74 valence electrons. The summed E-state index contributed by atoms with van der Waals surface area (Å²) in [6.45, 7) is 5.88. The third-order valence-electron chi connectivity index (χ3n) is 2.09. The summed E-state index contributed by atoms with van der Waals surface area (Å²) in [5.74, 6) is 0. The van der Waals surface area contributed by atoms with Crippen LogP contribution < -0.4 is 5.32 Å². The van der Waals surface area contributed by atoms with Crippen molar-refractivity contribution in [2.45, 2.75) is 26.6 Å². The lowest BCUT2D eigenvalue weighted by atomic mass is 10.2. The van der Waals surface area contributed by atoms with E-state index in [1.54, 1.807) is 7.11 Å². The van der Waals surface area contributed by atoms with Crippen LogP contribution in [0, 0.1) is 0 Å². The SMILES string of the molecule is CCNC(C)c1cccn1COC. The fourth-order valence-electron chi connectivity index (χ4n) is 1.49.